The minimum absolute atomic E-state index is 0. The minimum atomic E-state index is -0.687. The average Bonchev–Trinajstić information content (AvgIpc) is 1.56. The van der Waals surface area contributed by atoms with Crippen LogP contribution in [0.4, 0.5) is 0 Å². The van der Waals surface area contributed by atoms with Crippen molar-refractivity contribution in [1.82, 2.24) is 0 Å². The zero-order valence-corrected chi connectivity index (χ0v) is 10.8. The Labute approximate surface area is 119 Å². The van der Waals surface area contributed by atoms with Crippen molar-refractivity contribution in [2.24, 2.45) is 11.5 Å². The molecule has 0 aliphatic carbocycles. The molecule has 0 heterocycles. The first-order valence-corrected chi connectivity index (χ1v) is 2.96. The molecule has 7 heteroatoms. The number of carbonyl (C=O) groups is 3. The first-order valence-electron chi connectivity index (χ1n) is 2.59. The van der Waals surface area contributed by atoms with Gasteiger partial charge in [0.1, 0.15) is 6.42 Å². The van der Waals surface area contributed by atoms with Gasteiger partial charge in [0.05, 0.1) is 0 Å². The Kier molecular flexibility index (Phi) is 17.6. The molecule has 5 nitrogen and oxygen atoms in total. The van der Waals surface area contributed by atoms with Crippen molar-refractivity contribution in [3.8, 4) is 0 Å². The van der Waals surface area contributed by atoms with E-state index < -0.39 is 11.8 Å². The fourth-order valence-electron chi connectivity index (χ4n) is 0.172. The van der Waals surface area contributed by atoms with Crippen LogP contribution in [-0.4, -0.2) is 17.1 Å². The summed E-state index contributed by atoms with van der Waals surface area (Å²) >= 11 is 4.64. The second-order valence-electron chi connectivity index (χ2n) is 1.58. The number of carbonyl (C=O) groups excluding carboxylic acids is 3. The Bertz CT molecular complexity index is 163. The van der Waals surface area contributed by atoms with Gasteiger partial charge in [-0.25, -0.2) is 0 Å². The summed E-state index contributed by atoms with van der Waals surface area (Å²) < 4.78 is 0. The fraction of sp³-hybridized carbons (Fsp3) is 0.400. The van der Waals surface area contributed by atoms with Gasteiger partial charge in [-0.2, -0.15) is 0 Å². The van der Waals surface area contributed by atoms with E-state index in [-0.39, 0.29) is 64.5 Å². The van der Waals surface area contributed by atoms with Gasteiger partial charge >= 0.3 is 51.4 Å². The Morgan fingerprint density at radius 1 is 1.25 bits per heavy atom. The Morgan fingerprint density at radius 2 is 1.42 bits per heavy atom. The van der Waals surface area contributed by atoms with Gasteiger partial charge in [-0.3, -0.25) is 14.4 Å². The number of rotatable bonds is 2. The summed E-state index contributed by atoms with van der Waals surface area (Å²) in [5.41, 5.74) is 9.11. The summed E-state index contributed by atoms with van der Waals surface area (Å²) in [6, 6.07) is 0. The van der Waals surface area contributed by atoms with Gasteiger partial charge in [0.15, 0.2) is 0 Å². The molecule has 0 aliphatic rings. The molecule has 0 aromatic carbocycles. The Hall–Kier alpha value is 0.536. The van der Waals surface area contributed by atoms with Crippen LogP contribution in [0.15, 0.2) is 0 Å². The normalized spacial score (nSPS) is 6.83. The molecule has 0 fully saturated rings. The maximum Gasteiger partial charge on any atom is 1.00 e. The maximum absolute atomic E-state index is 9.73. The van der Waals surface area contributed by atoms with Crippen molar-refractivity contribution in [1.29, 1.82) is 0 Å². The van der Waals surface area contributed by atoms with Crippen molar-refractivity contribution < 1.29 is 67.2 Å². The van der Waals surface area contributed by atoms with Crippen LogP contribution in [0.1, 0.15) is 14.8 Å². The van der Waals surface area contributed by atoms with E-state index in [1.165, 1.54) is 6.92 Å². The van der Waals surface area contributed by atoms with E-state index in [1.807, 2.05) is 0 Å². The minimum Gasteiger partial charge on any atom is -1.00 e. The second kappa shape index (κ2) is 11.5. The number of halogens is 1. The van der Waals surface area contributed by atoms with Crippen molar-refractivity contribution in [3.05, 3.63) is 0 Å². The summed E-state index contributed by atoms with van der Waals surface area (Å²) in [6.07, 6.45) is -0.361. The summed E-state index contributed by atoms with van der Waals surface area (Å²) in [6.45, 7) is 1.29. The molecule has 0 rings (SSSR count). The summed E-state index contributed by atoms with van der Waals surface area (Å²) in [5.74, 6) is -1.37. The predicted molar refractivity (Wildman–Crippen MR) is 40.7 cm³/mol. The summed E-state index contributed by atoms with van der Waals surface area (Å²) in [7, 11) is 0. The van der Waals surface area contributed by atoms with Gasteiger partial charge in [-0.1, -0.05) is 0 Å². The van der Waals surface area contributed by atoms with Crippen molar-refractivity contribution in [3.63, 3.8) is 0 Å². The molecule has 12 heavy (non-hydrogen) atoms. The number of amides is 2. The topological polar surface area (TPSA) is 103 Å². The predicted octanol–water partition coefficient (Wildman–Crippen LogP) is -3.76. The third kappa shape index (κ3) is 46.6. The number of hydrogen-bond acceptors (Lipinski definition) is 3. The quantitative estimate of drug-likeness (QED) is 0.284. The molecule has 0 atom stereocenters. The van der Waals surface area contributed by atoms with Crippen molar-refractivity contribution in [2.45, 2.75) is 13.3 Å². The van der Waals surface area contributed by atoms with Crippen molar-refractivity contribution >= 4 is 28.7 Å². The first-order chi connectivity index (χ1) is 4.86. The van der Waals surface area contributed by atoms with Crippen LogP contribution in [-0.2, 0) is 14.4 Å². The third-order valence-electron chi connectivity index (χ3n) is 0.348. The van der Waals surface area contributed by atoms with Gasteiger partial charge in [-0.05, 0) is 11.6 Å². The van der Waals surface area contributed by atoms with E-state index in [0.29, 0.717) is 0 Å². The molecular formula is C5H10ClKN2O3. The van der Waals surface area contributed by atoms with Crippen LogP contribution in [0.3, 0.4) is 0 Å². The molecule has 0 saturated carbocycles. The molecule has 0 aliphatic heterocycles. The monoisotopic (exact) mass is 220 g/mol. The summed E-state index contributed by atoms with van der Waals surface area (Å²) in [4.78, 5) is 28.7. The molecule has 4 N–H and O–H groups in total. The summed E-state index contributed by atoms with van der Waals surface area (Å²) in [5, 5.41) is -0.361. The second-order valence-corrected chi connectivity index (χ2v) is 2.11. The Balaban J connectivity index is -0.0000000600. The molecule has 0 radical (unpaired) electrons. The van der Waals surface area contributed by atoms with Crippen LogP contribution in [0.25, 0.3) is 0 Å². The van der Waals surface area contributed by atoms with E-state index in [2.05, 4.69) is 23.1 Å². The maximum atomic E-state index is 9.73. The molecule has 0 spiro atoms. The van der Waals surface area contributed by atoms with E-state index >= 15 is 0 Å². The first kappa shape index (κ1) is 18.3. The van der Waals surface area contributed by atoms with Gasteiger partial charge < -0.3 is 12.9 Å². The molecular weight excluding hydrogens is 211 g/mol. The zero-order valence-electron chi connectivity index (χ0n) is 7.96. The standard InChI is InChI=1S/C3H6N2O2.C2H3ClO.K.H/c4-2(6)1-3(5)7;1-2(3)4;;/h1H2,(H2,4,6)(H2,5,7);1H3;;/q;;+1;-1. The molecule has 66 valence electrons. The van der Waals surface area contributed by atoms with Crippen LogP contribution >= 0.6 is 11.6 Å². The van der Waals surface area contributed by atoms with Gasteiger partial charge in [-0.15, -0.1) is 0 Å². The smallest absolute Gasteiger partial charge is 1.00 e. The Morgan fingerprint density at radius 3 is 1.42 bits per heavy atom. The molecule has 0 unspecified atom stereocenters. The number of nitrogens with two attached hydrogens (primary N) is 2. The largest absolute Gasteiger partial charge is 1.00 e. The molecule has 0 aromatic heterocycles. The van der Waals surface area contributed by atoms with Crippen molar-refractivity contribution in [2.75, 3.05) is 0 Å². The van der Waals surface area contributed by atoms with Gasteiger partial charge in [0.25, 0.3) is 0 Å². The fourth-order valence-corrected chi connectivity index (χ4v) is 0.172. The molecule has 0 saturated heterocycles. The molecule has 2 amide bonds. The average molecular weight is 221 g/mol. The number of hydrogen-bond donors (Lipinski definition) is 2. The van der Waals surface area contributed by atoms with E-state index in [9.17, 15) is 14.4 Å². The van der Waals surface area contributed by atoms with Crippen LogP contribution in [0.5, 0.6) is 0 Å². The number of primary amides is 2. The van der Waals surface area contributed by atoms with Crippen LogP contribution < -0.4 is 62.9 Å². The van der Waals surface area contributed by atoms with E-state index in [4.69, 9.17) is 0 Å². The SMILES string of the molecule is CC(=O)Cl.NC(=O)CC(N)=O.[H-].[K+]. The molecule has 0 bridgehead atoms. The third-order valence-corrected chi connectivity index (χ3v) is 0.348. The van der Waals surface area contributed by atoms with Gasteiger partial charge in [0.2, 0.25) is 17.1 Å². The van der Waals surface area contributed by atoms with E-state index in [1.54, 1.807) is 0 Å². The van der Waals surface area contributed by atoms with E-state index in [0.717, 1.165) is 0 Å². The molecule has 0 aromatic rings. The van der Waals surface area contributed by atoms with Gasteiger partial charge in [0, 0.05) is 6.92 Å². The zero-order chi connectivity index (χ0) is 9.44. The van der Waals surface area contributed by atoms with Crippen LogP contribution in [0.2, 0.25) is 0 Å². The van der Waals surface area contributed by atoms with Crippen LogP contribution in [0, 0.1) is 0 Å².